The first-order valence-electron chi connectivity index (χ1n) is 12.6. The van der Waals surface area contributed by atoms with Crippen LogP contribution in [0.3, 0.4) is 0 Å². The van der Waals surface area contributed by atoms with Crippen LogP contribution in [0.2, 0.25) is 5.02 Å². The van der Waals surface area contributed by atoms with E-state index in [2.05, 4.69) is 4.98 Å². The lowest BCUT2D eigenvalue weighted by molar-refractivity contribution is 0.340. The third-order valence-electron chi connectivity index (χ3n) is 6.30. The highest BCUT2D eigenvalue weighted by molar-refractivity contribution is 7.98. The van der Waals surface area contributed by atoms with Crippen LogP contribution in [0.15, 0.2) is 87.7 Å². The Morgan fingerprint density at radius 3 is 2.41 bits per heavy atom. The van der Waals surface area contributed by atoms with Crippen molar-refractivity contribution in [2.24, 2.45) is 0 Å². The number of aromatic nitrogens is 5. The zero-order valence-electron chi connectivity index (χ0n) is 21.9. The molecule has 12 heteroatoms. The predicted molar refractivity (Wildman–Crippen MR) is 167 cm³/mol. The van der Waals surface area contributed by atoms with Crippen LogP contribution in [-0.4, -0.2) is 30.1 Å². The van der Waals surface area contributed by atoms with Gasteiger partial charge >= 0.3 is 0 Å². The fourth-order valence-electron chi connectivity index (χ4n) is 4.38. The molecule has 206 valence electrons. The van der Waals surface area contributed by atoms with E-state index in [-0.39, 0.29) is 11.1 Å². The smallest absolute Gasteiger partial charge is 0.278 e. The average molecular weight is 620 g/mol. The van der Waals surface area contributed by atoms with Crippen LogP contribution in [0.1, 0.15) is 18.2 Å². The molecule has 6 aromatic rings. The lowest BCUT2D eigenvalue weighted by atomic mass is 10.2. The van der Waals surface area contributed by atoms with E-state index in [4.69, 9.17) is 33.5 Å². The molecule has 0 radical (unpaired) electrons. The molecule has 0 bridgehead atoms. The van der Waals surface area contributed by atoms with Gasteiger partial charge in [0.15, 0.2) is 14.8 Å². The van der Waals surface area contributed by atoms with Gasteiger partial charge in [0.2, 0.25) is 0 Å². The summed E-state index contributed by atoms with van der Waals surface area (Å²) >= 11 is 14.3. The number of halogens is 1. The maximum Gasteiger partial charge on any atom is 0.278 e. The fourth-order valence-corrected chi connectivity index (χ4v) is 6.74. The van der Waals surface area contributed by atoms with Crippen molar-refractivity contribution in [2.75, 3.05) is 6.61 Å². The van der Waals surface area contributed by atoms with E-state index in [0.717, 1.165) is 17.0 Å². The molecular weight excluding hydrogens is 598 g/mol. The van der Waals surface area contributed by atoms with Gasteiger partial charge in [-0.15, -0.1) is 0 Å². The van der Waals surface area contributed by atoms with E-state index in [1.165, 1.54) is 39.8 Å². The second kappa shape index (κ2) is 11.2. The summed E-state index contributed by atoms with van der Waals surface area (Å²) in [6, 6.07) is 20.0. The summed E-state index contributed by atoms with van der Waals surface area (Å²) in [5.41, 5.74) is 3.59. The molecule has 2 aromatic carbocycles. The number of hydrogen-bond acceptors (Lipinski definition) is 8. The summed E-state index contributed by atoms with van der Waals surface area (Å²) in [5.74, 6) is 1.06. The summed E-state index contributed by atoms with van der Waals surface area (Å²) < 4.78 is 11.3. The van der Waals surface area contributed by atoms with Crippen molar-refractivity contribution in [3.63, 3.8) is 0 Å². The van der Waals surface area contributed by atoms with Crippen molar-refractivity contribution >= 4 is 62.9 Å². The van der Waals surface area contributed by atoms with E-state index in [0.29, 0.717) is 53.9 Å². The van der Waals surface area contributed by atoms with Crippen molar-refractivity contribution in [1.82, 2.24) is 23.5 Å². The van der Waals surface area contributed by atoms with Gasteiger partial charge in [-0.3, -0.25) is 23.1 Å². The highest BCUT2D eigenvalue weighted by atomic mass is 35.5. The van der Waals surface area contributed by atoms with Crippen LogP contribution in [0.25, 0.3) is 27.4 Å². The quantitative estimate of drug-likeness (QED) is 0.113. The Kier molecular flexibility index (Phi) is 7.52. The monoisotopic (exact) mass is 619 g/mol. The van der Waals surface area contributed by atoms with Crippen molar-refractivity contribution in [3.8, 4) is 17.1 Å². The Hall–Kier alpha value is -3.77. The predicted octanol–water partition coefficient (Wildman–Crippen LogP) is 6.63. The SMILES string of the molecule is CCOc1ccc(-n2c(=S)sc3c(=O)n(-c4ccc(C)cc4)c(SCc4cc(=O)n5cc(Cl)ccc5n4)nc32)cc1. The molecule has 0 saturated carbocycles. The lowest BCUT2D eigenvalue weighted by Gasteiger charge is -2.13. The van der Waals surface area contributed by atoms with E-state index in [1.54, 1.807) is 21.3 Å². The number of benzene rings is 2. The van der Waals surface area contributed by atoms with E-state index >= 15 is 0 Å². The molecule has 0 aliphatic carbocycles. The number of nitrogens with zero attached hydrogens (tertiary/aromatic N) is 5. The number of thioether (sulfide) groups is 1. The second-order valence-corrected chi connectivity index (χ2v) is 12.1. The van der Waals surface area contributed by atoms with Crippen LogP contribution < -0.4 is 15.9 Å². The summed E-state index contributed by atoms with van der Waals surface area (Å²) in [6.45, 7) is 4.48. The van der Waals surface area contributed by atoms with Gasteiger partial charge in [0.05, 0.1) is 23.0 Å². The molecule has 8 nitrogen and oxygen atoms in total. The van der Waals surface area contributed by atoms with Crippen LogP contribution in [0.5, 0.6) is 5.75 Å². The molecule has 0 aliphatic rings. The van der Waals surface area contributed by atoms with E-state index in [1.807, 2.05) is 62.4 Å². The van der Waals surface area contributed by atoms with Crippen molar-refractivity contribution < 1.29 is 4.74 Å². The van der Waals surface area contributed by atoms with Gasteiger partial charge in [0, 0.05) is 23.7 Å². The van der Waals surface area contributed by atoms with Gasteiger partial charge in [0.1, 0.15) is 16.1 Å². The van der Waals surface area contributed by atoms with Crippen molar-refractivity contribution in [2.45, 2.75) is 24.8 Å². The van der Waals surface area contributed by atoms with E-state index < -0.39 is 0 Å². The molecule has 4 heterocycles. The maximum absolute atomic E-state index is 14.0. The molecule has 4 aromatic heterocycles. The number of thiazole rings is 1. The molecule has 0 fully saturated rings. The first-order valence-corrected chi connectivity index (χ1v) is 15.2. The number of hydrogen-bond donors (Lipinski definition) is 0. The Balaban J connectivity index is 1.49. The van der Waals surface area contributed by atoms with E-state index in [9.17, 15) is 9.59 Å². The molecule has 0 N–H and O–H groups in total. The zero-order valence-corrected chi connectivity index (χ0v) is 25.1. The van der Waals surface area contributed by atoms with Gasteiger partial charge in [-0.05, 0) is 74.6 Å². The van der Waals surface area contributed by atoms with Gasteiger partial charge in [-0.25, -0.2) is 9.97 Å². The summed E-state index contributed by atoms with van der Waals surface area (Å²) in [6.07, 6.45) is 1.54. The molecular formula is C29H22ClN5O3S3. The first-order chi connectivity index (χ1) is 19.8. The maximum atomic E-state index is 14.0. The number of rotatable bonds is 7. The summed E-state index contributed by atoms with van der Waals surface area (Å²) in [5, 5.41) is 0.901. The number of fused-ring (bicyclic) bond motifs is 2. The highest BCUT2D eigenvalue weighted by Gasteiger charge is 2.20. The Morgan fingerprint density at radius 1 is 0.976 bits per heavy atom. The number of pyridine rings is 1. The van der Waals surface area contributed by atoms with Crippen LogP contribution in [-0.2, 0) is 5.75 Å². The minimum atomic E-state index is -0.241. The zero-order chi connectivity index (χ0) is 28.7. The third-order valence-corrected chi connectivity index (χ3v) is 8.85. The third kappa shape index (κ3) is 5.33. The van der Waals surface area contributed by atoms with Crippen LogP contribution in [0, 0.1) is 10.9 Å². The molecule has 0 amide bonds. The molecule has 0 atom stereocenters. The average Bonchev–Trinajstić information content (AvgIpc) is 3.30. The van der Waals surface area contributed by atoms with Crippen LogP contribution >= 0.6 is 46.9 Å². The van der Waals surface area contributed by atoms with Gasteiger partial charge in [0.25, 0.3) is 11.1 Å². The number of ether oxygens (including phenoxy) is 1. The van der Waals surface area contributed by atoms with Crippen LogP contribution in [0.4, 0.5) is 0 Å². The molecule has 0 saturated heterocycles. The second-order valence-electron chi connectivity index (χ2n) is 9.10. The minimum Gasteiger partial charge on any atom is -0.494 e. The highest BCUT2D eigenvalue weighted by Crippen LogP contribution is 2.29. The lowest BCUT2D eigenvalue weighted by Crippen LogP contribution is -2.21. The Labute approximate surface area is 252 Å². The summed E-state index contributed by atoms with van der Waals surface area (Å²) in [7, 11) is 0. The van der Waals surface area contributed by atoms with Crippen molar-refractivity contribution in [3.05, 3.63) is 114 Å². The number of aryl methyl sites for hydroxylation is 1. The molecule has 6 rings (SSSR count). The Bertz CT molecular complexity index is 2100. The molecule has 0 spiro atoms. The summed E-state index contributed by atoms with van der Waals surface area (Å²) in [4.78, 5) is 36.3. The normalized spacial score (nSPS) is 11.4. The Morgan fingerprint density at radius 2 is 1.68 bits per heavy atom. The molecule has 41 heavy (non-hydrogen) atoms. The molecule has 0 unspecified atom stereocenters. The van der Waals surface area contributed by atoms with Gasteiger partial charge in [-0.2, -0.15) is 0 Å². The first kappa shape index (κ1) is 27.4. The van der Waals surface area contributed by atoms with Gasteiger partial charge < -0.3 is 4.74 Å². The van der Waals surface area contributed by atoms with Crippen molar-refractivity contribution in [1.29, 1.82) is 0 Å². The molecule has 0 aliphatic heterocycles. The topological polar surface area (TPSA) is 83.4 Å². The minimum absolute atomic E-state index is 0.219. The largest absolute Gasteiger partial charge is 0.494 e. The van der Waals surface area contributed by atoms with Gasteiger partial charge in [-0.1, -0.05) is 52.4 Å². The fraction of sp³-hybridized carbons (Fsp3) is 0.138. The standard InChI is InChI=1S/C29H22ClN5O3S3/c1-3-38-22-11-9-20(10-12-22)34-26-25(41-29(34)39)27(37)35(21-7-4-17(2)5-8-21)28(32-26)40-16-19-14-24(36)33-15-18(30)6-13-23(33)31-19/h4-15H,3,16H2,1-2H3.